The van der Waals surface area contributed by atoms with E-state index >= 15 is 0 Å². The molecule has 0 atom stereocenters. The van der Waals surface area contributed by atoms with Crippen molar-refractivity contribution in [1.82, 2.24) is 4.98 Å². The number of ether oxygens (including phenoxy) is 2. The number of aryl methyl sites for hydroxylation is 1. The monoisotopic (exact) mass is 434 g/mol. The number of carbonyl (C=O) groups is 3. The highest BCUT2D eigenvalue weighted by Gasteiger charge is 2.23. The Morgan fingerprint density at radius 1 is 1.23 bits per heavy atom. The maximum absolute atomic E-state index is 12.5. The van der Waals surface area contributed by atoms with Gasteiger partial charge in [-0.2, -0.15) is 0 Å². The van der Waals surface area contributed by atoms with Gasteiger partial charge in [-0.15, -0.1) is 0 Å². The molecular formula is C20H19ClN2O7. The summed E-state index contributed by atoms with van der Waals surface area (Å²) >= 11 is 5.73. The Labute approximate surface area is 176 Å². The van der Waals surface area contributed by atoms with Gasteiger partial charge >= 0.3 is 11.9 Å². The average Bonchev–Trinajstić information content (AvgIpc) is 2.99. The molecule has 1 aromatic carbocycles. The van der Waals surface area contributed by atoms with Crippen LogP contribution in [0.1, 0.15) is 44.6 Å². The van der Waals surface area contributed by atoms with Gasteiger partial charge in [0.05, 0.1) is 11.5 Å². The number of hydrogen-bond acceptors (Lipinski definition) is 7. The van der Waals surface area contributed by atoms with Crippen molar-refractivity contribution in [2.75, 3.05) is 13.2 Å². The molecule has 0 saturated heterocycles. The number of nitrogens with zero attached hydrogens (tertiary/aromatic N) is 1. The van der Waals surface area contributed by atoms with Crippen LogP contribution in [0.2, 0.25) is 5.02 Å². The highest BCUT2D eigenvalue weighted by atomic mass is 35.5. The van der Waals surface area contributed by atoms with Crippen molar-refractivity contribution in [3.63, 3.8) is 0 Å². The van der Waals surface area contributed by atoms with Gasteiger partial charge in [0, 0.05) is 23.4 Å². The van der Waals surface area contributed by atoms with E-state index in [-0.39, 0.29) is 28.6 Å². The molecule has 30 heavy (non-hydrogen) atoms. The predicted molar refractivity (Wildman–Crippen MR) is 109 cm³/mol. The van der Waals surface area contributed by atoms with Gasteiger partial charge in [0.25, 0.3) is 5.69 Å². The molecule has 0 amide bonds. The topological polar surface area (TPSA) is 129 Å². The normalized spacial score (nSPS) is 10.8. The van der Waals surface area contributed by atoms with Crippen molar-refractivity contribution in [1.29, 1.82) is 0 Å². The first-order chi connectivity index (χ1) is 14.1. The van der Waals surface area contributed by atoms with Gasteiger partial charge in [-0.1, -0.05) is 17.7 Å². The van der Waals surface area contributed by atoms with Gasteiger partial charge in [0.15, 0.2) is 6.61 Å². The van der Waals surface area contributed by atoms with Crippen LogP contribution >= 0.6 is 11.6 Å². The number of aromatic nitrogens is 1. The first-order valence-electron chi connectivity index (χ1n) is 8.84. The Hall–Kier alpha value is -3.46. The molecule has 0 aliphatic carbocycles. The van der Waals surface area contributed by atoms with Crippen LogP contribution in [0.3, 0.4) is 0 Å². The Bertz CT molecular complexity index is 1040. The predicted octanol–water partition coefficient (Wildman–Crippen LogP) is 3.81. The van der Waals surface area contributed by atoms with Gasteiger partial charge in [0.2, 0.25) is 5.78 Å². The zero-order valence-corrected chi connectivity index (χ0v) is 17.2. The molecule has 0 bridgehead atoms. The zero-order chi connectivity index (χ0) is 22.4. The molecule has 9 nitrogen and oxygen atoms in total. The lowest BCUT2D eigenvalue weighted by Crippen LogP contribution is -2.14. The van der Waals surface area contributed by atoms with Gasteiger partial charge in [-0.05, 0) is 44.0 Å². The molecule has 2 rings (SSSR count). The molecule has 1 aromatic heterocycles. The minimum atomic E-state index is -0.808. The van der Waals surface area contributed by atoms with Crippen molar-refractivity contribution in [3.05, 3.63) is 67.5 Å². The van der Waals surface area contributed by atoms with Crippen LogP contribution < -0.4 is 0 Å². The van der Waals surface area contributed by atoms with Crippen molar-refractivity contribution in [2.24, 2.45) is 0 Å². The largest absolute Gasteiger partial charge is 0.461 e. The van der Waals surface area contributed by atoms with Crippen LogP contribution in [-0.2, 0) is 14.3 Å². The third-order valence-corrected chi connectivity index (χ3v) is 4.44. The number of esters is 2. The van der Waals surface area contributed by atoms with Gasteiger partial charge in [-0.3, -0.25) is 14.9 Å². The van der Waals surface area contributed by atoms with Crippen molar-refractivity contribution in [2.45, 2.75) is 20.8 Å². The molecule has 2 aromatic rings. The average molecular weight is 435 g/mol. The summed E-state index contributed by atoms with van der Waals surface area (Å²) in [5.74, 6) is -1.87. The summed E-state index contributed by atoms with van der Waals surface area (Å²) in [4.78, 5) is 49.3. The molecule has 0 spiro atoms. The Kier molecular flexibility index (Phi) is 7.48. The number of nitrogens with one attached hydrogen (secondary N) is 1. The summed E-state index contributed by atoms with van der Waals surface area (Å²) in [6.45, 7) is 4.55. The number of hydrogen-bond donors (Lipinski definition) is 1. The Morgan fingerprint density at radius 2 is 1.93 bits per heavy atom. The van der Waals surface area contributed by atoms with Crippen LogP contribution in [0.5, 0.6) is 0 Å². The molecule has 0 radical (unpaired) electrons. The van der Waals surface area contributed by atoms with E-state index < -0.39 is 29.3 Å². The molecule has 0 saturated carbocycles. The minimum absolute atomic E-state index is 0.0234. The minimum Gasteiger partial charge on any atom is -0.461 e. The highest BCUT2D eigenvalue weighted by Crippen LogP contribution is 2.25. The number of Topliss-reactive ketones (excluding diaryl/α,β-unsaturated/α-hetero) is 1. The molecule has 0 unspecified atom stereocenters. The van der Waals surface area contributed by atoms with Crippen LogP contribution in [-0.4, -0.2) is 40.8 Å². The summed E-state index contributed by atoms with van der Waals surface area (Å²) in [5, 5.41) is 10.9. The van der Waals surface area contributed by atoms with Gasteiger partial charge in [-0.25, -0.2) is 9.59 Å². The fourth-order valence-corrected chi connectivity index (χ4v) is 2.96. The number of H-pyrrole nitrogens is 1. The highest BCUT2D eigenvalue weighted by molar-refractivity contribution is 6.32. The second-order valence-corrected chi connectivity index (χ2v) is 6.58. The van der Waals surface area contributed by atoms with Gasteiger partial charge < -0.3 is 14.5 Å². The van der Waals surface area contributed by atoms with Crippen LogP contribution in [0.4, 0.5) is 5.69 Å². The van der Waals surface area contributed by atoms with E-state index in [1.165, 1.54) is 24.3 Å². The molecule has 1 heterocycles. The Balaban J connectivity index is 2.04. The molecule has 0 aliphatic rings. The van der Waals surface area contributed by atoms with Gasteiger partial charge in [0.1, 0.15) is 10.7 Å². The van der Waals surface area contributed by atoms with Crippen molar-refractivity contribution in [3.8, 4) is 0 Å². The fraction of sp³-hybridized carbons (Fsp3) is 0.250. The molecule has 10 heteroatoms. The van der Waals surface area contributed by atoms with E-state index in [1.54, 1.807) is 20.8 Å². The smallest absolute Gasteiger partial charge is 0.355 e. The number of carbonyl (C=O) groups excluding carboxylic acids is 3. The molecular weight excluding hydrogens is 416 g/mol. The van der Waals surface area contributed by atoms with E-state index in [1.807, 2.05) is 0 Å². The standard InChI is InChI=1S/C20H19ClN2O7/c1-4-29-20(26)19-11(2)18(12(3)22-19)16(24)10-30-17(25)8-6-13-5-7-14(21)15(9-13)23(27)28/h5-9,22H,4,10H2,1-3H3/b8-6+. The van der Waals surface area contributed by atoms with Crippen LogP contribution in [0.25, 0.3) is 6.08 Å². The first-order valence-corrected chi connectivity index (χ1v) is 9.21. The van der Waals surface area contributed by atoms with E-state index in [9.17, 15) is 24.5 Å². The van der Waals surface area contributed by atoms with E-state index in [0.717, 1.165) is 6.08 Å². The maximum atomic E-state index is 12.5. The first kappa shape index (κ1) is 22.8. The summed E-state index contributed by atoms with van der Waals surface area (Å²) in [6.07, 6.45) is 2.35. The number of aromatic amines is 1. The number of halogens is 1. The lowest BCUT2D eigenvalue weighted by atomic mass is 10.1. The van der Waals surface area contributed by atoms with Crippen LogP contribution in [0, 0.1) is 24.0 Å². The molecule has 158 valence electrons. The molecule has 0 aliphatic heterocycles. The zero-order valence-electron chi connectivity index (χ0n) is 16.5. The van der Waals surface area contributed by atoms with Crippen molar-refractivity contribution >= 4 is 41.1 Å². The number of nitro benzene ring substituents is 1. The SMILES string of the molecule is CCOC(=O)c1[nH]c(C)c(C(=O)COC(=O)/C=C/c2ccc(Cl)c([N+](=O)[O-])c2)c1C. The summed E-state index contributed by atoms with van der Waals surface area (Å²) in [5.41, 5.74) is 1.37. The maximum Gasteiger partial charge on any atom is 0.355 e. The quantitative estimate of drug-likeness (QED) is 0.220. The molecule has 1 N–H and O–H groups in total. The summed E-state index contributed by atoms with van der Waals surface area (Å²) in [6, 6.07) is 4.04. The Morgan fingerprint density at radius 3 is 2.57 bits per heavy atom. The second-order valence-electron chi connectivity index (χ2n) is 6.18. The van der Waals surface area contributed by atoms with E-state index in [0.29, 0.717) is 16.8 Å². The lowest BCUT2D eigenvalue weighted by molar-refractivity contribution is -0.384. The van der Waals surface area contributed by atoms with Crippen LogP contribution in [0.15, 0.2) is 24.3 Å². The fourth-order valence-electron chi connectivity index (χ4n) is 2.77. The second kappa shape index (κ2) is 9.84. The number of nitro groups is 1. The van der Waals surface area contributed by atoms with E-state index in [4.69, 9.17) is 21.1 Å². The third-order valence-electron chi connectivity index (χ3n) is 4.12. The van der Waals surface area contributed by atoms with Crippen molar-refractivity contribution < 1.29 is 28.8 Å². The summed E-state index contributed by atoms with van der Waals surface area (Å²) < 4.78 is 9.88. The summed E-state index contributed by atoms with van der Waals surface area (Å²) in [7, 11) is 0. The number of ketones is 1. The number of rotatable bonds is 8. The molecule has 0 fully saturated rings. The third kappa shape index (κ3) is 5.32. The lowest BCUT2D eigenvalue weighted by Gasteiger charge is -2.04. The number of benzene rings is 1. The van der Waals surface area contributed by atoms with E-state index in [2.05, 4.69) is 4.98 Å².